The van der Waals surface area contributed by atoms with E-state index in [0.29, 0.717) is 0 Å². The molecule has 1 aromatic carbocycles. The van der Waals surface area contributed by atoms with Crippen molar-refractivity contribution in [2.45, 2.75) is 20.3 Å². The fourth-order valence-electron chi connectivity index (χ4n) is 1.60. The fourth-order valence-corrected chi connectivity index (χ4v) is 1.60. The summed E-state index contributed by atoms with van der Waals surface area (Å²) in [6.07, 6.45) is 11.5. The summed E-state index contributed by atoms with van der Waals surface area (Å²) in [5, 5.41) is 0. The van der Waals surface area contributed by atoms with Crippen molar-refractivity contribution in [3.8, 4) is 5.75 Å². The lowest BCUT2D eigenvalue weighted by molar-refractivity contribution is 0.415. The topological polar surface area (TPSA) is 9.23 Å². The van der Waals surface area contributed by atoms with Crippen molar-refractivity contribution in [1.29, 1.82) is 0 Å². The quantitative estimate of drug-likeness (QED) is 0.717. The van der Waals surface area contributed by atoms with Crippen LogP contribution in [0.3, 0.4) is 0 Å². The number of benzene rings is 1. The van der Waals surface area contributed by atoms with E-state index in [9.17, 15) is 0 Å². The van der Waals surface area contributed by atoms with Crippen LogP contribution in [0, 0.1) is 0 Å². The maximum absolute atomic E-state index is 5.13. The van der Waals surface area contributed by atoms with Crippen LogP contribution >= 0.6 is 0 Å². The number of allylic oxidation sites excluding steroid dienone is 6. The molecule has 17 heavy (non-hydrogen) atoms. The third-order valence-electron chi connectivity index (χ3n) is 2.45. The summed E-state index contributed by atoms with van der Waals surface area (Å²) in [5.41, 5.74) is 2.59. The SMILES string of the molecule is CC.COc1ccc(C2=CC=CC=CC2)cc1. The summed E-state index contributed by atoms with van der Waals surface area (Å²) in [7, 11) is 1.69. The van der Waals surface area contributed by atoms with E-state index >= 15 is 0 Å². The van der Waals surface area contributed by atoms with E-state index in [0.717, 1.165) is 12.2 Å². The predicted molar refractivity (Wildman–Crippen MR) is 75.2 cm³/mol. The monoisotopic (exact) mass is 228 g/mol. The van der Waals surface area contributed by atoms with Crippen LogP contribution in [-0.2, 0) is 0 Å². The second-order valence-corrected chi connectivity index (χ2v) is 3.44. The molecule has 0 spiro atoms. The molecule has 0 amide bonds. The number of rotatable bonds is 2. The molecular weight excluding hydrogens is 208 g/mol. The largest absolute Gasteiger partial charge is 0.497 e. The maximum atomic E-state index is 5.13. The van der Waals surface area contributed by atoms with Crippen LogP contribution in [0.4, 0.5) is 0 Å². The molecule has 1 nitrogen and oxygen atoms in total. The molecule has 0 aliphatic heterocycles. The molecule has 0 saturated heterocycles. The summed E-state index contributed by atoms with van der Waals surface area (Å²) in [6, 6.07) is 8.18. The highest BCUT2D eigenvalue weighted by atomic mass is 16.5. The van der Waals surface area contributed by atoms with Gasteiger partial charge in [0.25, 0.3) is 0 Å². The van der Waals surface area contributed by atoms with Gasteiger partial charge in [-0.3, -0.25) is 0 Å². The van der Waals surface area contributed by atoms with E-state index in [4.69, 9.17) is 4.74 Å². The van der Waals surface area contributed by atoms with Gasteiger partial charge in [0.15, 0.2) is 0 Å². The van der Waals surface area contributed by atoms with Gasteiger partial charge in [-0.2, -0.15) is 0 Å². The van der Waals surface area contributed by atoms with E-state index in [1.165, 1.54) is 11.1 Å². The Hall–Kier alpha value is -1.76. The molecule has 0 N–H and O–H groups in total. The van der Waals surface area contributed by atoms with E-state index < -0.39 is 0 Å². The minimum atomic E-state index is 0.902. The molecule has 2 rings (SSSR count). The van der Waals surface area contributed by atoms with E-state index in [-0.39, 0.29) is 0 Å². The zero-order valence-corrected chi connectivity index (χ0v) is 10.8. The minimum absolute atomic E-state index is 0.902. The minimum Gasteiger partial charge on any atom is -0.497 e. The van der Waals surface area contributed by atoms with Crippen LogP contribution in [0.15, 0.2) is 54.6 Å². The van der Waals surface area contributed by atoms with E-state index in [1.807, 2.05) is 26.0 Å². The first-order valence-electron chi connectivity index (χ1n) is 6.07. The van der Waals surface area contributed by atoms with E-state index in [2.05, 4.69) is 42.5 Å². The standard InChI is InChI=1S/C14H14O.C2H6/c1-15-14-10-8-13(9-11-14)12-6-4-2-3-5-7-12;1-2/h2-6,8-11H,7H2,1H3;1-2H3. The molecule has 0 heterocycles. The van der Waals surface area contributed by atoms with Gasteiger partial charge >= 0.3 is 0 Å². The van der Waals surface area contributed by atoms with Crippen LogP contribution < -0.4 is 4.74 Å². The molecular formula is C16H20O. The number of hydrogen-bond acceptors (Lipinski definition) is 1. The average molecular weight is 228 g/mol. The van der Waals surface area contributed by atoms with Crippen LogP contribution in [0.1, 0.15) is 25.8 Å². The second kappa shape index (κ2) is 7.50. The molecule has 90 valence electrons. The molecule has 0 fully saturated rings. The zero-order chi connectivity index (χ0) is 12.5. The Morgan fingerprint density at radius 1 is 0.941 bits per heavy atom. The number of ether oxygens (including phenoxy) is 1. The molecule has 0 unspecified atom stereocenters. The maximum Gasteiger partial charge on any atom is 0.118 e. The van der Waals surface area contributed by atoms with Gasteiger partial charge < -0.3 is 4.74 Å². The van der Waals surface area contributed by atoms with Crippen LogP contribution in [0.25, 0.3) is 5.57 Å². The van der Waals surface area contributed by atoms with Crippen LogP contribution in [0.5, 0.6) is 5.75 Å². The van der Waals surface area contributed by atoms with Gasteiger partial charge in [0.1, 0.15) is 5.75 Å². The van der Waals surface area contributed by atoms with Crippen molar-refractivity contribution < 1.29 is 4.74 Å². The molecule has 0 saturated carbocycles. The Bertz CT molecular complexity index is 408. The molecule has 0 atom stereocenters. The van der Waals surface area contributed by atoms with Gasteiger partial charge in [-0.15, -0.1) is 0 Å². The highest BCUT2D eigenvalue weighted by Gasteiger charge is 2.00. The smallest absolute Gasteiger partial charge is 0.118 e. The molecule has 1 aliphatic rings. The molecule has 0 aromatic heterocycles. The Morgan fingerprint density at radius 3 is 2.29 bits per heavy atom. The highest BCUT2D eigenvalue weighted by molar-refractivity contribution is 5.69. The first kappa shape index (κ1) is 13.3. The van der Waals surface area contributed by atoms with Crippen LogP contribution in [0.2, 0.25) is 0 Å². The van der Waals surface area contributed by atoms with Gasteiger partial charge in [0.2, 0.25) is 0 Å². The van der Waals surface area contributed by atoms with Crippen molar-refractivity contribution in [3.63, 3.8) is 0 Å². The first-order valence-corrected chi connectivity index (χ1v) is 6.07. The average Bonchev–Trinajstić information content (AvgIpc) is 2.70. The fraction of sp³-hybridized carbons (Fsp3) is 0.250. The lowest BCUT2D eigenvalue weighted by atomic mass is 10.0. The molecule has 0 radical (unpaired) electrons. The lowest BCUT2D eigenvalue weighted by Gasteiger charge is -2.05. The Kier molecular flexibility index (Phi) is 5.87. The first-order chi connectivity index (χ1) is 8.40. The van der Waals surface area contributed by atoms with Gasteiger partial charge in [0.05, 0.1) is 7.11 Å². The summed E-state index contributed by atoms with van der Waals surface area (Å²) in [4.78, 5) is 0. The number of methoxy groups -OCH3 is 1. The summed E-state index contributed by atoms with van der Waals surface area (Å²) < 4.78 is 5.13. The number of hydrogen-bond donors (Lipinski definition) is 0. The molecule has 1 aromatic rings. The Labute approximate surface area is 104 Å². The zero-order valence-electron chi connectivity index (χ0n) is 10.8. The van der Waals surface area contributed by atoms with Crippen molar-refractivity contribution in [3.05, 3.63) is 60.2 Å². The van der Waals surface area contributed by atoms with Crippen LogP contribution in [-0.4, -0.2) is 7.11 Å². The molecule has 0 bridgehead atoms. The van der Waals surface area contributed by atoms with Crippen molar-refractivity contribution >= 4 is 5.57 Å². The molecule has 1 heteroatoms. The third kappa shape index (κ3) is 3.95. The molecule has 1 aliphatic carbocycles. The Balaban J connectivity index is 0.000000686. The lowest BCUT2D eigenvalue weighted by Crippen LogP contribution is -1.85. The second-order valence-electron chi connectivity index (χ2n) is 3.44. The van der Waals surface area contributed by atoms with Crippen molar-refractivity contribution in [2.24, 2.45) is 0 Å². The van der Waals surface area contributed by atoms with Gasteiger partial charge in [0, 0.05) is 0 Å². The van der Waals surface area contributed by atoms with Gasteiger partial charge in [-0.05, 0) is 29.7 Å². The van der Waals surface area contributed by atoms with Gasteiger partial charge in [-0.1, -0.05) is 56.4 Å². The third-order valence-corrected chi connectivity index (χ3v) is 2.45. The summed E-state index contributed by atoms with van der Waals surface area (Å²) >= 11 is 0. The van der Waals surface area contributed by atoms with Crippen molar-refractivity contribution in [1.82, 2.24) is 0 Å². The van der Waals surface area contributed by atoms with Crippen molar-refractivity contribution in [2.75, 3.05) is 7.11 Å². The van der Waals surface area contributed by atoms with Gasteiger partial charge in [-0.25, -0.2) is 0 Å². The normalized spacial score (nSPS) is 13.2. The Morgan fingerprint density at radius 2 is 1.65 bits per heavy atom. The summed E-state index contributed by atoms with van der Waals surface area (Å²) in [5.74, 6) is 0.902. The predicted octanol–water partition coefficient (Wildman–Crippen LogP) is 4.62. The summed E-state index contributed by atoms with van der Waals surface area (Å²) in [6.45, 7) is 4.00. The highest BCUT2D eigenvalue weighted by Crippen LogP contribution is 2.22. The van der Waals surface area contributed by atoms with E-state index in [1.54, 1.807) is 7.11 Å².